The lowest BCUT2D eigenvalue weighted by molar-refractivity contribution is 0.313. The van der Waals surface area contributed by atoms with Crippen molar-refractivity contribution in [3.8, 4) is 6.07 Å². The minimum absolute atomic E-state index is 0.0165. The molecule has 4 heterocycles. The maximum atomic E-state index is 12.3. The topological polar surface area (TPSA) is 103 Å². The highest BCUT2D eigenvalue weighted by molar-refractivity contribution is 5.78. The molecule has 146 valence electrons. The summed E-state index contributed by atoms with van der Waals surface area (Å²) in [6, 6.07) is 7.25. The number of nitrogens with one attached hydrogen (secondary N) is 1. The highest BCUT2D eigenvalue weighted by Gasteiger charge is 2.15. The van der Waals surface area contributed by atoms with Crippen LogP contribution < -0.4 is 15.8 Å². The number of aromatic nitrogens is 4. The summed E-state index contributed by atoms with van der Waals surface area (Å²) in [5.74, 6) is 0.903. The van der Waals surface area contributed by atoms with Crippen LogP contribution in [-0.2, 0) is 0 Å². The molecule has 0 unspecified atom stereocenters. The van der Waals surface area contributed by atoms with Crippen molar-refractivity contribution in [2.75, 3.05) is 43.4 Å². The van der Waals surface area contributed by atoms with Gasteiger partial charge in [-0.25, -0.2) is 9.97 Å². The largest absolute Gasteiger partial charge is 0.368 e. The molecule has 0 bridgehead atoms. The summed E-state index contributed by atoms with van der Waals surface area (Å²) >= 11 is 0. The summed E-state index contributed by atoms with van der Waals surface area (Å²) in [5, 5.41) is 12.7. The first-order valence-corrected chi connectivity index (χ1v) is 9.20. The number of anilines is 3. The Labute approximate surface area is 167 Å². The molecule has 9 heteroatoms. The van der Waals surface area contributed by atoms with Crippen LogP contribution in [0.5, 0.6) is 0 Å². The molecule has 1 aliphatic rings. The molecule has 1 fully saturated rings. The van der Waals surface area contributed by atoms with Gasteiger partial charge in [-0.15, -0.1) is 0 Å². The SMILES string of the molecule is C=Cn1c(=O)c(C#N)cc2cnc(Nc3ccc(N4CCN(C)CC4)cn3)nc21. The molecule has 0 amide bonds. The Morgan fingerprint density at radius 3 is 2.66 bits per heavy atom. The molecular weight excluding hydrogens is 368 g/mol. The molecule has 0 atom stereocenters. The van der Waals surface area contributed by atoms with Gasteiger partial charge in [0.25, 0.3) is 5.56 Å². The van der Waals surface area contributed by atoms with Crippen LogP contribution in [0.4, 0.5) is 17.5 Å². The quantitative estimate of drug-likeness (QED) is 0.720. The number of nitrogens with zero attached hydrogens (tertiary/aromatic N) is 7. The van der Waals surface area contributed by atoms with E-state index in [1.165, 1.54) is 16.8 Å². The van der Waals surface area contributed by atoms with Crippen LogP contribution in [0.3, 0.4) is 0 Å². The summed E-state index contributed by atoms with van der Waals surface area (Å²) in [4.78, 5) is 30.0. The first-order chi connectivity index (χ1) is 14.1. The molecule has 0 radical (unpaired) electrons. The van der Waals surface area contributed by atoms with E-state index in [2.05, 4.69) is 43.7 Å². The highest BCUT2D eigenvalue weighted by atomic mass is 16.1. The van der Waals surface area contributed by atoms with Crippen LogP contribution >= 0.6 is 0 Å². The van der Waals surface area contributed by atoms with Crippen LogP contribution in [0.1, 0.15) is 5.56 Å². The van der Waals surface area contributed by atoms with Crippen molar-refractivity contribution in [1.29, 1.82) is 5.26 Å². The molecule has 1 N–H and O–H groups in total. The van der Waals surface area contributed by atoms with Gasteiger partial charge in [-0.3, -0.25) is 9.36 Å². The summed E-state index contributed by atoms with van der Waals surface area (Å²) in [6.45, 7) is 7.65. The second-order valence-corrected chi connectivity index (χ2v) is 6.82. The van der Waals surface area contributed by atoms with Crippen LogP contribution in [0.15, 0.2) is 42.0 Å². The molecule has 3 aromatic heterocycles. The Balaban J connectivity index is 1.59. The van der Waals surface area contributed by atoms with Crippen molar-refractivity contribution >= 4 is 34.7 Å². The number of hydrogen-bond acceptors (Lipinski definition) is 8. The van der Waals surface area contributed by atoms with Crippen LogP contribution in [0, 0.1) is 11.3 Å². The average molecular weight is 388 g/mol. The van der Waals surface area contributed by atoms with Gasteiger partial charge in [0.2, 0.25) is 5.95 Å². The van der Waals surface area contributed by atoms with E-state index in [-0.39, 0.29) is 5.56 Å². The van der Waals surface area contributed by atoms with Crippen molar-refractivity contribution < 1.29 is 0 Å². The Kier molecular flexibility index (Phi) is 4.93. The molecule has 4 rings (SSSR count). The predicted molar refractivity (Wildman–Crippen MR) is 112 cm³/mol. The first kappa shape index (κ1) is 18.6. The molecule has 1 aliphatic heterocycles. The second kappa shape index (κ2) is 7.69. The van der Waals surface area contributed by atoms with Gasteiger partial charge in [0.1, 0.15) is 17.5 Å². The van der Waals surface area contributed by atoms with Crippen molar-refractivity contribution in [1.82, 2.24) is 24.4 Å². The fraction of sp³-hybridized carbons (Fsp3) is 0.250. The fourth-order valence-corrected chi connectivity index (χ4v) is 3.26. The number of fused-ring (bicyclic) bond motifs is 1. The normalized spacial score (nSPS) is 14.6. The van der Waals surface area contributed by atoms with Crippen molar-refractivity contribution in [3.63, 3.8) is 0 Å². The van der Waals surface area contributed by atoms with Crippen molar-refractivity contribution in [2.45, 2.75) is 0 Å². The van der Waals surface area contributed by atoms with Gasteiger partial charge < -0.3 is 15.1 Å². The summed E-state index contributed by atoms with van der Waals surface area (Å²) in [6.07, 6.45) is 4.72. The third kappa shape index (κ3) is 3.66. The fourth-order valence-electron chi connectivity index (χ4n) is 3.26. The maximum Gasteiger partial charge on any atom is 0.274 e. The lowest BCUT2D eigenvalue weighted by Gasteiger charge is -2.33. The second-order valence-electron chi connectivity index (χ2n) is 6.82. The van der Waals surface area contributed by atoms with Gasteiger partial charge in [-0.05, 0) is 25.2 Å². The summed E-state index contributed by atoms with van der Waals surface area (Å²) in [5.41, 5.74) is 1.00. The standard InChI is InChI=1S/C20H20N8O/c1-3-28-18-15(10-14(11-21)19(28)29)12-23-20(25-18)24-17-5-4-16(13-22-17)27-8-6-26(2)7-9-27/h3-5,10,12-13H,1,6-9H2,2H3,(H,22,23,24,25). The lowest BCUT2D eigenvalue weighted by Crippen LogP contribution is -2.44. The van der Waals surface area contributed by atoms with E-state index in [1.54, 1.807) is 6.20 Å². The number of hydrogen-bond donors (Lipinski definition) is 1. The number of nitriles is 1. The minimum Gasteiger partial charge on any atom is -0.368 e. The van der Waals surface area contributed by atoms with E-state index in [4.69, 9.17) is 5.26 Å². The molecule has 0 spiro atoms. The Bertz CT molecular complexity index is 1150. The van der Waals surface area contributed by atoms with E-state index in [0.717, 1.165) is 31.9 Å². The van der Waals surface area contributed by atoms with Gasteiger partial charge >= 0.3 is 0 Å². The van der Waals surface area contributed by atoms with Crippen LogP contribution in [-0.4, -0.2) is 57.6 Å². The Hall–Kier alpha value is -3.77. The molecule has 1 saturated heterocycles. The molecule has 29 heavy (non-hydrogen) atoms. The number of likely N-dealkylation sites (N-methyl/N-ethyl adjacent to an activating group) is 1. The molecule has 9 nitrogen and oxygen atoms in total. The van der Waals surface area contributed by atoms with Crippen molar-refractivity contribution in [2.24, 2.45) is 0 Å². The zero-order valence-corrected chi connectivity index (χ0v) is 16.0. The van der Waals surface area contributed by atoms with E-state index in [9.17, 15) is 4.79 Å². The predicted octanol–water partition coefficient (Wildman–Crippen LogP) is 1.65. The third-order valence-corrected chi connectivity index (χ3v) is 4.93. The van der Waals surface area contributed by atoms with Crippen LogP contribution in [0.2, 0.25) is 0 Å². The number of rotatable bonds is 4. The lowest BCUT2D eigenvalue weighted by atomic mass is 10.2. The van der Waals surface area contributed by atoms with Crippen LogP contribution in [0.25, 0.3) is 17.2 Å². The third-order valence-electron chi connectivity index (χ3n) is 4.93. The Morgan fingerprint density at radius 2 is 2.00 bits per heavy atom. The molecular formula is C20H20N8O. The Morgan fingerprint density at radius 1 is 1.21 bits per heavy atom. The van der Waals surface area contributed by atoms with Gasteiger partial charge in [0.05, 0.1) is 11.9 Å². The van der Waals surface area contributed by atoms with E-state index < -0.39 is 5.56 Å². The average Bonchev–Trinajstić information content (AvgIpc) is 2.74. The van der Waals surface area contributed by atoms with Gasteiger partial charge in [0.15, 0.2) is 5.65 Å². The number of piperazine rings is 1. The monoisotopic (exact) mass is 388 g/mol. The summed E-state index contributed by atoms with van der Waals surface area (Å²) < 4.78 is 1.24. The molecule has 0 aromatic carbocycles. The highest BCUT2D eigenvalue weighted by Crippen LogP contribution is 2.19. The van der Waals surface area contributed by atoms with Gasteiger partial charge in [-0.1, -0.05) is 6.58 Å². The van der Waals surface area contributed by atoms with E-state index >= 15 is 0 Å². The van der Waals surface area contributed by atoms with Gasteiger partial charge in [0, 0.05) is 44.0 Å². The number of pyridine rings is 2. The van der Waals surface area contributed by atoms with E-state index in [1.807, 2.05) is 24.4 Å². The molecule has 3 aromatic rings. The molecule has 0 saturated carbocycles. The van der Waals surface area contributed by atoms with Gasteiger partial charge in [-0.2, -0.15) is 10.2 Å². The summed E-state index contributed by atoms with van der Waals surface area (Å²) in [7, 11) is 2.12. The first-order valence-electron chi connectivity index (χ1n) is 9.20. The van der Waals surface area contributed by atoms with E-state index in [0.29, 0.717) is 22.8 Å². The molecule has 0 aliphatic carbocycles. The minimum atomic E-state index is -0.464. The smallest absolute Gasteiger partial charge is 0.274 e. The zero-order valence-electron chi connectivity index (χ0n) is 16.0. The van der Waals surface area contributed by atoms with Crippen molar-refractivity contribution in [3.05, 3.63) is 53.1 Å². The maximum absolute atomic E-state index is 12.3. The zero-order chi connectivity index (χ0) is 20.4.